The summed E-state index contributed by atoms with van der Waals surface area (Å²) in [6.45, 7) is 1.94. The molecule has 150 valence electrons. The summed E-state index contributed by atoms with van der Waals surface area (Å²) in [6, 6.07) is 13.2. The van der Waals surface area contributed by atoms with Gasteiger partial charge in [0, 0.05) is 23.8 Å². The summed E-state index contributed by atoms with van der Waals surface area (Å²) < 4.78 is 1.78. The molecule has 2 aromatic carbocycles. The van der Waals surface area contributed by atoms with Crippen molar-refractivity contribution in [1.29, 1.82) is 0 Å². The van der Waals surface area contributed by atoms with Gasteiger partial charge in [0.1, 0.15) is 0 Å². The first kappa shape index (κ1) is 19.7. The van der Waals surface area contributed by atoms with E-state index in [1.165, 1.54) is 5.56 Å². The smallest absolute Gasteiger partial charge is 0.227 e. The van der Waals surface area contributed by atoms with Crippen LogP contribution in [0.1, 0.15) is 29.7 Å². The standard InChI is InChI=1S/C23H24ClN3O2/c1-15-19-7-5-8-20(17-12-25-26(2)13-17)21(19)11-18(14-28)27(15)23(29)10-16-6-3-4-9-22(16)24/h3-9,12-13,15,18,28H,10-11,14H2,1-2H3/t15-,18+/m0/s1. The minimum atomic E-state index is -0.273. The number of benzene rings is 2. The molecule has 2 heterocycles. The van der Waals surface area contributed by atoms with Gasteiger partial charge in [0.2, 0.25) is 5.91 Å². The van der Waals surface area contributed by atoms with Gasteiger partial charge >= 0.3 is 0 Å². The third kappa shape index (κ3) is 3.68. The fraction of sp³-hybridized carbons (Fsp3) is 0.304. The van der Waals surface area contributed by atoms with Crippen molar-refractivity contribution < 1.29 is 9.90 Å². The summed E-state index contributed by atoms with van der Waals surface area (Å²) >= 11 is 6.26. The first-order chi connectivity index (χ1) is 14.0. The van der Waals surface area contributed by atoms with E-state index in [2.05, 4.69) is 17.2 Å². The molecule has 0 bridgehead atoms. The Balaban J connectivity index is 1.69. The first-order valence-corrected chi connectivity index (χ1v) is 10.1. The van der Waals surface area contributed by atoms with Crippen molar-refractivity contribution in [2.45, 2.75) is 31.8 Å². The lowest BCUT2D eigenvalue weighted by Crippen LogP contribution is -2.49. The Morgan fingerprint density at radius 3 is 2.72 bits per heavy atom. The summed E-state index contributed by atoms with van der Waals surface area (Å²) in [4.78, 5) is 15.0. The van der Waals surface area contributed by atoms with E-state index in [1.807, 2.05) is 55.5 Å². The van der Waals surface area contributed by atoms with Gasteiger partial charge in [0.05, 0.1) is 31.3 Å². The second-order valence-electron chi connectivity index (χ2n) is 7.56. The number of fused-ring (bicyclic) bond motifs is 1. The molecule has 4 rings (SSSR count). The second-order valence-corrected chi connectivity index (χ2v) is 7.97. The van der Waals surface area contributed by atoms with Crippen LogP contribution in [0.25, 0.3) is 11.1 Å². The fourth-order valence-corrected chi connectivity index (χ4v) is 4.53. The van der Waals surface area contributed by atoms with E-state index in [0.717, 1.165) is 22.3 Å². The molecule has 0 saturated carbocycles. The molecule has 1 aliphatic heterocycles. The predicted octanol–water partition coefficient (Wildman–Crippen LogP) is 3.79. The van der Waals surface area contributed by atoms with Crippen molar-refractivity contribution in [2.24, 2.45) is 7.05 Å². The average molecular weight is 410 g/mol. The van der Waals surface area contributed by atoms with E-state index in [1.54, 1.807) is 10.7 Å². The van der Waals surface area contributed by atoms with Crippen molar-refractivity contribution >= 4 is 17.5 Å². The Labute approximate surface area is 175 Å². The quantitative estimate of drug-likeness (QED) is 0.713. The first-order valence-electron chi connectivity index (χ1n) is 9.75. The molecule has 0 aliphatic carbocycles. The normalized spacial score (nSPS) is 18.6. The van der Waals surface area contributed by atoms with E-state index in [-0.39, 0.29) is 31.0 Å². The van der Waals surface area contributed by atoms with Gasteiger partial charge in [-0.1, -0.05) is 48.0 Å². The van der Waals surface area contributed by atoms with Crippen LogP contribution >= 0.6 is 11.6 Å². The third-order valence-electron chi connectivity index (χ3n) is 5.73. The Bertz CT molecular complexity index is 1050. The number of carbonyl (C=O) groups excluding carboxylic acids is 1. The van der Waals surface area contributed by atoms with Gasteiger partial charge in [0.15, 0.2) is 0 Å². The number of aliphatic hydroxyl groups is 1. The monoisotopic (exact) mass is 409 g/mol. The number of amides is 1. The second kappa shape index (κ2) is 8.01. The SMILES string of the molecule is C[C@H]1c2cccc(-c3cnn(C)c3)c2C[C@H](CO)N1C(=O)Cc1ccccc1Cl. The summed E-state index contributed by atoms with van der Waals surface area (Å²) in [5, 5.41) is 15.0. The summed E-state index contributed by atoms with van der Waals surface area (Å²) in [7, 11) is 1.90. The van der Waals surface area contributed by atoms with Crippen LogP contribution in [0, 0.1) is 0 Å². The highest BCUT2D eigenvalue weighted by Gasteiger charge is 2.36. The van der Waals surface area contributed by atoms with Gasteiger partial charge in [-0.25, -0.2) is 0 Å². The zero-order valence-corrected chi connectivity index (χ0v) is 17.3. The molecule has 0 saturated heterocycles. The molecule has 0 radical (unpaired) electrons. The van der Waals surface area contributed by atoms with Crippen molar-refractivity contribution in [2.75, 3.05) is 6.61 Å². The molecule has 1 N–H and O–H groups in total. The molecule has 3 aromatic rings. The van der Waals surface area contributed by atoms with Crippen molar-refractivity contribution in [3.8, 4) is 11.1 Å². The molecule has 5 nitrogen and oxygen atoms in total. The lowest BCUT2D eigenvalue weighted by Gasteiger charge is -2.42. The molecule has 0 fully saturated rings. The number of halogens is 1. The molecule has 1 aliphatic rings. The number of hydrogen-bond acceptors (Lipinski definition) is 3. The van der Waals surface area contributed by atoms with Gasteiger partial charge in [-0.3, -0.25) is 9.48 Å². The molecule has 1 aromatic heterocycles. The van der Waals surface area contributed by atoms with Crippen molar-refractivity contribution in [1.82, 2.24) is 14.7 Å². The van der Waals surface area contributed by atoms with E-state index in [4.69, 9.17) is 11.6 Å². The molecule has 1 amide bonds. The fourth-order valence-electron chi connectivity index (χ4n) is 4.32. The number of aryl methyl sites for hydroxylation is 1. The molecule has 6 heteroatoms. The number of aliphatic hydroxyl groups excluding tert-OH is 1. The van der Waals surface area contributed by atoms with Gasteiger partial charge in [0.25, 0.3) is 0 Å². The minimum Gasteiger partial charge on any atom is -0.394 e. The lowest BCUT2D eigenvalue weighted by atomic mass is 9.84. The molecule has 0 unspecified atom stereocenters. The van der Waals surface area contributed by atoms with Crippen molar-refractivity contribution in [3.63, 3.8) is 0 Å². The molecular weight excluding hydrogens is 386 g/mol. The molecule has 2 atom stereocenters. The topological polar surface area (TPSA) is 58.4 Å². The third-order valence-corrected chi connectivity index (χ3v) is 6.10. The van der Waals surface area contributed by atoms with Crippen LogP contribution in [0.4, 0.5) is 0 Å². The summed E-state index contributed by atoms with van der Waals surface area (Å²) in [6.07, 6.45) is 4.67. The average Bonchev–Trinajstić information content (AvgIpc) is 3.15. The van der Waals surface area contributed by atoms with E-state index < -0.39 is 0 Å². The van der Waals surface area contributed by atoms with Gasteiger partial charge in [-0.2, -0.15) is 5.10 Å². The highest BCUT2D eigenvalue weighted by molar-refractivity contribution is 6.31. The predicted molar refractivity (Wildman–Crippen MR) is 114 cm³/mol. The summed E-state index contributed by atoms with van der Waals surface area (Å²) in [5.41, 5.74) is 5.25. The number of carbonyl (C=O) groups is 1. The maximum absolute atomic E-state index is 13.2. The molecule has 0 spiro atoms. The van der Waals surface area contributed by atoms with Crippen LogP contribution in [0.3, 0.4) is 0 Å². The molecule has 29 heavy (non-hydrogen) atoms. The zero-order chi connectivity index (χ0) is 20.5. The Morgan fingerprint density at radius 1 is 1.24 bits per heavy atom. The largest absolute Gasteiger partial charge is 0.394 e. The minimum absolute atomic E-state index is 0.0259. The number of rotatable bonds is 4. The maximum atomic E-state index is 13.2. The highest BCUT2D eigenvalue weighted by Crippen LogP contribution is 2.38. The number of hydrogen-bond donors (Lipinski definition) is 1. The van der Waals surface area contributed by atoms with Crippen LogP contribution < -0.4 is 0 Å². The van der Waals surface area contributed by atoms with E-state index >= 15 is 0 Å². The van der Waals surface area contributed by atoms with Gasteiger partial charge < -0.3 is 10.0 Å². The zero-order valence-electron chi connectivity index (χ0n) is 16.5. The lowest BCUT2D eigenvalue weighted by molar-refractivity contribution is -0.137. The maximum Gasteiger partial charge on any atom is 0.227 e. The van der Waals surface area contributed by atoms with E-state index in [9.17, 15) is 9.90 Å². The van der Waals surface area contributed by atoms with Gasteiger partial charge in [-0.05, 0) is 41.7 Å². The Morgan fingerprint density at radius 2 is 2.03 bits per heavy atom. The Hall–Kier alpha value is -2.63. The van der Waals surface area contributed by atoms with E-state index in [0.29, 0.717) is 11.4 Å². The Kier molecular flexibility index (Phi) is 5.43. The molecular formula is C23H24ClN3O2. The van der Waals surface area contributed by atoms with Crippen LogP contribution in [-0.4, -0.2) is 38.3 Å². The van der Waals surface area contributed by atoms with Gasteiger partial charge in [-0.15, -0.1) is 0 Å². The summed E-state index contributed by atoms with van der Waals surface area (Å²) in [5.74, 6) is -0.0259. The van der Waals surface area contributed by atoms with Crippen LogP contribution in [-0.2, 0) is 24.7 Å². The van der Waals surface area contributed by atoms with Crippen LogP contribution in [0.5, 0.6) is 0 Å². The highest BCUT2D eigenvalue weighted by atomic mass is 35.5. The number of aromatic nitrogens is 2. The van der Waals surface area contributed by atoms with Crippen LogP contribution in [0.2, 0.25) is 5.02 Å². The van der Waals surface area contributed by atoms with Crippen LogP contribution in [0.15, 0.2) is 54.9 Å². The van der Waals surface area contributed by atoms with Crippen molar-refractivity contribution in [3.05, 3.63) is 76.6 Å². The number of nitrogens with zero attached hydrogens (tertiary/aromatic N) is 3.